The number of aliphatic hydroxyl groups is 1. The van der Waals surface area contributed by atoms with Gasteiger partial charge in [-0.15, -0.1) is 0 Å². The molecule has 4 nitrogen and oxygen atoms in total. The molecule has 30 heavy (non-hydrogen) atoms. The highest BCUT2D eigenvalue weighted by atomic mass is 16.7. The SMILES string of the molecule is Cc1c(C)c2c(c(C)c1OCOCO)CCC(C)(CCCC(C)CCCC(C)C)O2. The third kappa shape index (κ3) is 6.62. The number of aliphatic hydroxyl groups excluding tert-OH is 1. The molecule has 0 bridgehead atoms. The van der Waals surface area contributed by atoms with Crippen molar-refractivity contribution >= 4 is 0 Å². The number of rotatable bonds is 12. The van der Waals surface area contributed by atoms with Crippen molar-refractivity contribution < 1.29 is 19.3 Å². The van der Waals surface area contributed by atoms with Crippen molar-refractivity contribution in [3.05, 3.63) is 22.3 Å². The second-order valence-electron chi connectivity index (χ2n) is 9.98. The Kier molecular flexibility index (Phi) is 9.49. The van der Waals surface area contributed by atoms with Crippen LogP contribution in [0.3, 0.4) is 0 Å². The zero-order valence-electron chi connectivity index (χ0n) is 20.4. The fourth-order valence-electron chi connectivity index (χ4n) is 4.66. The van der Waals surface area contributed by atoms with Gasteiger partial charge in [0.1, 0.15) is 23.9 Å². The van der Waals surface area contributed by atoms with E-state index < -0.39 is 0 Å². The Morgan fingerprint density at radius 2 is 1.70 bits per heavy atom. The van der Waals surface area contributed by atoms with Gasteiger partial charge in [-0.05, 0) is 81.9 Å². The molecule has 0 amide bonds. The summed E-state index contributed by atoms with van der Waals surface area (Å²) in [4.78, 5) is 0. The van der Waals surface area contributed by atoms with E-state index in [9.17, 15) is 0 Å². The van der Waals surface area contributed by atoms with Crippen molar-refractivity contribution in [1.29, 1.82) is 0 Å². The Morgan fingerprint density at radius 3 is 2.37 bits per heavy atom. The van der Waals surface area contributed by atoms with Crippen LogP contribution in [0.2, 0.25) is 0 Å². The smallest absolute Gasteiger partial charge is 0.191 e. The Hall–Kier alpha value is -1.26. The minimum absolute atomic E-state index is 0.0599. The Morgan fingerprint density at radius 1 is 1.00 bits per heavy atom. The standard InChI is InChI=1S/C26H44O4/c1-18(2)10-8-11-19(3)12-9-14-26(7)15-13-23-22(6)24(29-17-28-16-27)20(4)21(5)25(23)30-26/h18-19,27H,8-17H2,1-7H3. The van der Waals surface area contributed by atoms with E-state index in [0.717, 1.165) is 59.3 Å². The molecule has 1 aliphatic heterocycles. The zero-order valence-corrected chi connectivity index (χ0v) is 20.4. The van der Waals surface area contributed by atoms with Crippen LogP contribution < -0.4 is 9.47 Å². The zero-order chi connectivity index (χ0) is 22.3. The molecule has 4 heteroatoms. The van der Waals surface area contributed by atoms with Crippen LogP contribution in [-0.2, 0) is 11.2 Å². The monoisotopic (exact) mass is 420 g/mol. The first-order chi connectivity index (χ1) is 14.2. The molecule has 0 fully saturated rings. The van der Waals surface area contributed by atoms with Gasteiger partial charge in [-0.2, -0.15) is 0 Å². The lowest BCUT2D eigenvalue weighted by molar-refractivity contribution is -0.0658. The molecule has 0 saturated heterocycles. The number of fused-ring (bicyclic) bond motifs is 1. The maximum atomic E-state index is 8.83. The summed E-state index contributed by atoms with van der Waals surface area (Å²) in [5, 5.41) is 8.83. The van der Waals surface area contributed by atoms with E-state index in [4.69, 9.17) is 19.3 Å². The van der Waals surface area contributed by atoms with E-state index in [1.54, 1.807) is 0 Å². The summed E-state index contributed by atoms with van der Waals surface area (Å²) >= 11 is 0. The van der Waals surface area contributed by atoms with E-state index in [1.165, 1.54) is 37.7 Å². The number of benzene rings is 1. The van der Waals surface area contributed by atoms with Gasteiger partial charge in [0.05, 0.1) is 0 Å². The van der Waals surface area contributed by atoms with Gasteiger partial charge in [0, 0.05) is 5.56 Å². The maximum absolute atomic E-state index is 8.83. The molecule has 172 valence electrons. The highest BCUT2D eigenvalue weighted by Crippen LogP contribution is 2.45. The van der Waals surface area contributed by atoms with Crippen molar-refractivity contribution in [1.82, 2.24) is 0 Å². The minimum atomic E-state index is -0.334. The molecule has 1 aliphatic rings. The van der Waals surface area contributed by atoms with Crippen LogP contribution in [-0.4, -0.2) is 24.3 Å². The third-order valence-corrected chi connectivity index (χ3v) is 6.82. The van der Waals surface area contributed by atoms with Gasteiger partial charge in [0.25, 0.3) is 0 Å². The number of ether oxygens (including phenoxy) is 3. The number of hydrogen-bond donors (Lipinski definition) is 1. The van der Waals surface area contributed by atoms with Crippen molar-refractivity contribution in [2.45, 2.75) is 105 Å². The summed E-state index contributed by atoms with van der Waals surface area (Å²) in [7, 11) is 0. The minimum Gasteiger partial charge on any atom is -0.487 e. The van der Waals surface area contributed by atoms with Crippen molar-refractivity contribution in [2.75, 3.05) is 13.6 Å². The predicted octanol–water partition coefficient (Wildman–Crippen LogP) is 6.63. The van der Waals surface area contributed by atoms with Crippen molar-refractivity contribution in [2.24, 2.45) is 11.8 Å². The maximum Gasteiger partial charge on any atom is 0.191 e. The lowest BCUT2D eigenvalue weighted by atomic mass is 9.84. The van der Waals surface area contributed by atoms with E-state index in [0.29, 0.717) is 0 Å². The first-order valence-electron chi connectivity index (χ1n) is 11.8. The summed E-state index contributed by atoms with van der Waals surface area (Å²) in [5.41, 5.74) is 4.56. The lowest BCUT2D eigenvalue weighted by Crippen LogP contribution is -2.37. The highest BCUT2D eigenvalue weighted by molar-refractivity contribution is 5.59. The molecule has 0 radical (unpaired) electrons. The molecule has 1 heterocycles. The van der Waals surface area contributed by atoms with Gasteiger partial charge in [-0.25, -0.2) is 0 Å². The van der Waals surface area contributed by atoms with E-state index in [-0.39, 0.29) is 19.2 Å². The average Bonchev–Trinajstić information content (AvgIpc) is 2.68. The number of hydrogen-bond acceptors (Lipinski definition) is 4. The van der Waals surface area contributed by atoms with Crippen LogP contribution in [0.1, 0.15) is 94.9 Å². The molecule has 0 aliphatic carbocycles. The van der Waals surface area contributed by atoms with Crippen LogP contribution in [0.25, 0.3) is 0 Å². The molecule has 1 aromatic rings. The summed E-state index contributed by atoms with van der Waals surface area (Å²) < 4.78 is 17.4. The van der Waals surface area contributed by atoms with Gasteiger partial charge in [-0.1, -0.05) is 46.5 Å². The summed E-state index contributed by atoms with van der Waals surface area (Å²) in [6, 6.07) is 0. The Balaban J connectivity index is 1.98. The summed E-state index contributed by atoms with van der Waals surface area (Å²) in [5.74, 6) is 3.53. The molecular formula is C26H44O4. The van der Waals surface area contributed by atoms with E-state index in [1.807, 2.05) is 0 Å². The molecule has 1 N–H and O–H groups in total. The molecule has 0 saturated carbocycles. The molecule has 2 unspecified atom stereocenters. The fourth-order valence-corrected chi connectivity index (χ4v) is 4.66. The topological polar surface area (TPSA) is 47.9 Å². The van der Waals surface area contributed by atoms with Gasteiger partial charge in [0.15, 0.2) is 6.79 Å². The summed E-state index contributed by atoms with van der Waals surface area (Å²) in [6.45, 7) is 15.3. The van der Waals surface area contributed by atoms with Crippen LogP contribution in [0.15, 0.2) is 0 Å². The molecule has 1 aromatic carbocycles. The third-order valence-electron chi connectivity index (χ3n) is 6.82. The molecule has 2 rings (SSSR count). The van der Waals surface area contributed by atoms with Gasteiger partial charge in [-0.3, -0.25) is 0 Å². The first kappa shape index (κ1) is 25.0. The fraction of sp³-hybridized carbons (Fsp3) is 0.769. The Labute approximate surface area is 184 Å². The quantitative estimate of drug-likeness (QED) is 0.304. The highest BCUT2D eigenvalue weighted by Gasteiger charge is 2.34. The van der Waals surface area contributed by atoms with E-state index in [2.05, 4.69) is 48.5 Å². The first-order valence-corrected chi connectivity index (χ1v) is 11.8. The molecule has 0 spiro atoms. The molecule has 2 atom stereocenters. The van der Waals surface area contributed by atoms with Gasteiger partial charge >= 0.3 is 0 Å². The average molecular weight is 421 g/mol. The summed E-state index contributed by atoms with van der Waals surface area (Å²) in [6.07, 6.45) is 9.73. The normalized spacial score (nSPS) is 19.5. The van der Waals surface area contributed by atoms with Gasteiger partial charge < -0.3 is 19.3 Å². The van der Waals surface area contributed by atoms with Crippen LogP contribution in [0.4, 0.5) is 0 Å². The van der Waals surface area contributed by atoms with E-state index >= 15 is 0 Å². The van der Waals surface area contributed by atoms with Crippen molar-refractivity contribution in [3.8, 4) is 11.5 Å². The second kappa shape index (κ2) is 11.4. The largest absolute Gasteiger partial charge is 0.487 e. The Bertz CT molecular complexity index is 682. The van der Waals surface area contributed by atoms with Crippen LogP contribution in [0.5, 0.6) is 11.5 Å². The van der Waals surface area contributed by atoms with Crippen LogP contribution >= 0.6 is 0 Å². The van der Waals surface area contributed by atoms with Crippen molar-refractivity contribution in [3.63, 3.8) is 0 Å². The molecule has 0 aromatic heterocycles. The lowest BCUT2D eigenvalue weighted by Gasteiger charge is -2.38. The second-order valence-corrected chi connectivity index (χ2v) is 9.98. The predicted molar refractivity (Wildman–Crippen MR) is 123 cm³/mol. The van der Waals surface area contributed by atoms with Gasteiger partial charge in [0.2, 0.25) is 0 Å². The van der Waals surface area contributed by atoms with Crippen LogP contribution in [0, 0.1) is 32.6 Å². The molecular weight excluding hydrogens is 376 g/mol.